The van der Waals surface area contributed by atoms with Crippen LogP contribution in [-0.4, -0.2) is 72.6 Å². The first-order valence-electron chi connectivity index (χ1n) is 29.1. The van der Waals surface area contributed by atoms with Crippen molar-refractivity contribution in [2.45, 2.75) is 46.0 Å². The Morgan fingerprint density at radius 1 is 0.523 bits per heavy atom. The monoisotopic (exact) mass is 1200 g/mol. The number of esters is 1. The van der Waals surface area contributed by atoms with Gasteiger partial charge in [-0.3, -0.25) is 4.79 Å². The van der Waals surface area contributed by atoms with Gasteiger partial charge in [0.25, 0.3) is 0 Å². The van der Waals surface area contributed by atoms with Gasteiger partial charge >= 0.3 is 21.0 Å². The SMILES string of the molecule is COCCc1ccccc1OC1Oc2ccccc2CCOc2ccc(C)c(c2)OCC(=O)c2cc3ccccc3c(-c3c(OP(Oc4ccccc4CCOC)Oc4ccccc4CCOC)c(C(=O)Oc4ccccc4C)cc4ccccc34)c2O1. The molecule has 0 fully saturated rings. The van der Waals surface area contributed by atoms with Crippen molar-refractivity contribution < 1.29 is 65.8 Å². The van der Waals surface area contributed by atoms with E-state index in [1.54, 1.807) is 51.7 Å². The third-order valence-electron chi connectivity index (χ3n) is 15.0. The number of benzene rings is 10. The molecule has 2 bridgehead atoms. The first kappa shape index (κ1) is 60.3. The van der Waals surface area contributed by atoms with Gasteiger partial charge in [0.15, 0.2) is 12.4 Å². The molecule has 448 valence electrons. The van der Waals surface area contributed by atoms with Gasteiger partial charge in [-0.05, 0) is 137 Å². The third kappa shape index (κ3) is 14.2. The molecule has 1 heterocycles. The van der Waals surface area contributed by atoms with Crippen molar-refractivity contribution in [3.05, 3.63) is 245 Å². The van der Waals surface area contributed by atoms with E-state index < -0.39 is 33.4 Å². The summed E-state index contributed by atoms with van der Waals surface area (Å²) in [5.74, 6) is 1.96. The molecule has 0 spiro atoms. The van der Waals surface area contributed by atoms with Crippen molar-refractivity contribution in [3.63, 3.8) is 0 Å². The zero-order valence-corrected chi connectivity index (χ0v) is 50.6. The Hall–Kier alpha value is -9.43. The molecule has 0 amide bonds. The first-order valence-corrected chi connectivity index (χ1v) is 30.2. The highest BCUT2D eigenvalue weighted by molar-refractivity contribution is 7.43. The van der Waals surface area contributed by atoms with E-state index >= 15 is 9.59 Å². The van der Waals surface area contributed by atoms with Crippen molar-refractivity contribution in [1.82, 2.24) is 0 Å². The fourth-order valence-corrected chi connectivity index (χ4v) is 11.6. The maximum Gasteiger partial charge on any atom is 0.530 e. The highest BCUT2D eigenvalue weighted by atomic mass is 31.2. The maximum atomic E-state index is 15.7. The first-order chi connectivity index (χ1) is 43.2. The molecule has 10 aromatic rings. The Bertz CT molecular complexity index is 4040. The molecule has 0 aliphatic carbocycles. The summed E-state index contributed by atoms with van der Waals surface area (Å²) in [5.41, 5.74) is 5.52. The molecule has 15 heteroatoms. The molecule has 0 saturated carbocycles. The molecule has 10 aromatic carbocycles. The molecule has 0 N–H and O–H groups in total. The number of fused-ring (bicyclic) bond motifs is 6. The molecule has 88 heavy (non-hydrogen) atoms. The van der Waals surface area contributed by atoms with Gasteiger partial charge in [0.2, 0.25) is 5.78 Å². The van der Waals surface area contributed by atoms with Gasteiger partial charge < -0.3 is 56.2 Å². The van der Waals surface area contributed by atoms with Gasteiger partial charge in [-0.25, -0.2) is 4.79 Å². The van der Waals surface area contributed by atoms with Gasteiger partial charge in [0.1, 0.15) is 51.6 Å². The Labute approximate surface area is 513 Å². The summed E-state index contributed by atoms with van der Waals surface area (Å²) in [6.07, 6.45) is 1.92. The summed E-state index contributed by atoms with van der Waals surface area (Å²) in [5, 5.41) is 2.46. The average Bonchev–Trinajstić information content (AvgIpc) is 0.953. The van der Waals surface area contributed by atoms with Crippen LogP contribution in [-0.2, 0) is 39.9 Å². The van der Waals surface area contributed by atoms with Crippen LogP contribution >= 0.6 is 8.60 Å². The summed E-state index contributed by atoms with van der Waals surface area (Å²) in [6, 6.07) is 61.9. The minimum absolute atomic E-state index is 0.00386. The van der Waals surface area contributed by atoms with Gasteiger partial charge in [-0.15, -0.1) is 0 Å². The second-order valence-electron chi connectivity index (χ2n) is 20.9. The van der Waals surface area contributed by atoms with E-state index in [9.17, 15) is 0 Å². The number of aryl methyl sites for hydroxylation is 2. The van der Waals surface area contributed by atoms with Crippen LogP contribution in [0.25, 0.3) is 32.7 Å². The lowest BCUT2D eigenvalue weighted by Crippen LogP contribution is -2.32. The second-order valence-corrected chi connectivity index (χ2v) is 21.9. The smallest absolute Gasteiger partial charge is 0.493 e. The van der Waals surface area contributed by atoms with E-state index in [-0.39, 0.29) is 29.2 Å². The zero-order valence-electron chi connectivity index (χ0n) is 49.7. The normalized spacial score (nSPS) is 13.3. The van der Waals surface area contributed by atoms with Crippen LogP contribution in [0.3, 0.4) is 0 Å². The summed E-state index contributed by atoms with van der Waals surface area (Å²) in [4.78, 5) is 31.4. The zero-order chi connectivity index (χ0) is 60.8. The number of rotatable bonds is 20. The number of carbonyl (C=O) groups is 2. The minimum Gasteiger partial charge on any atom is -0.493 e. The van der Waals surface area contributed by atoms with Crippen LogP contribution in [0, 0.1) is 13.8 Å². The van der Waals surface area contributed by atoms with E-state index in [0.717, 1.165) is 33.4 Å². The highest BCUT2D eigenvalue weighted by Crippen LogP contribution is 2.54. The van der Waals surface area contributed by atoms with Gasteiger partial charge in [-0.1, -0.05) is 146 Å². The Balaban J connectivity index is 1.21. The topological polar surface area (TPSA) is 145 Å². The van der Waals surface area contributed by atoms with E-state index in [1.807, 2.05) is 184 Å². The lowest BCUT2D eigenvalue weighted by molar-refractivity contribution is -0.141. The average molecular weight is 1200 g/mol. The molecule has 11 rings (SSSR count). The van der Waals surface area contributed by atoms with Crippen LogP contribution in [0.1, 0.15) is 54.1 Å². The number of ketones is 1. The second kappa shape index (κ2) is 28.8. The third-order valence-corrected chi connectivity index (χ3v) is 16.0. The van der Waals surface area contributed by atoms with Crippen molar-refractivity contribution in [3.8, 4) is 62.9 Å². The molecule has 14 nitrogen and oxygen atoms in total. The molecule has 1 unspecified atom stereocenters. The molecule has 1 aliphatic rings. The number of ether oxygens (including phenoxy) is 9. The largest absolute Gasteiger partial charge is 0.530 e. The number of para-hydroxylation sites is 5. The number of hydrogen-bond donors (Lipinski definition) is 0. The van der Waals surface area contributed by atoms with Crippen molar-refractivity contribution >= 4 is 41.9 Å². The van der Waals surface area contributed by atoms with Crippen LogP contribution < -0.4 is 42.0 Å². The van der Waals surface area contributed by atoms with Crippen molar-refractivity contribution in [1.29, 1.82) is 0 Å². The molecular weight excluding hydrogens is 1130 g/mol. The molecular formula is C73H67O14P. The van der Waals surface area contributed by atoms with Crippen LogP contribution in [0.15, 0.2) is 200 Å². The predicted octanol–water partition coefficient (Wildman–Crippen LogP) is 15.8. The fraction of sp³-hybridized carbons (Fsp3) is 0.205. The van der Waals surface area contributed by atoms with E-state index in [1.165, 1.54) is 0 Å². The van der Waals surface area contributed by atoms with Crippen molar-refractivity contribution in [2.24, 2.45) is 0 Å². The number of hydrogen-bond acceptors (Lipinski definition) is 14. The number of carbonyl (C=O) groups excluding carboxylic acids is 2. The molecule has 0 saturated heterocycles. The molecule has 0 radical (unpaired) electrons. The summed E-state index contributed by atoms with van der Waals surface area (Å²) >= 11 is 0. The minimum atomic E-state index is -2.61. The molecule has 1 aliphatic heterocycles. The Morgan fingerprint density at radius 2 is 1.08 bits per heavy atom. The predicted molar refractivity (Wildman–Crippen MR) is 340 cm³/mol. The quantitative estimate of drug-likeness (QED) is 0.0405. The maximum absolute atomic E-state index is 15.7. The summed E-state index contributed by atoms with van der Waals surface area (Å²) < 4.78 is 78.9. The lowest BCUT2D eigenvalue weighted by Gasteiger charge is -2.28. The van der Waals surface area contributed by atoms with Crippen molar-refractivity contribution in [2.75, 3.05) is 54.4 Å². The van der Waals surface area contributed by atoms with E-state index in [0.29, 0.717) is 118 Å². The highest BCUT2D eigenvalue weighted by Gasteiger charge is 2.35. The number of Topliss-reactive ketones (excluding diaryl/α,β-unsaturated/α-hetero) is 1. The van der Waals surface area contributed by atoms with Gasteiger partial charge in [0.05, 0.1) is 32.0 Å². The van der Waals surface area contributed by atoms with E-state index in [2.05, 4.69) is 0 Å². The standard InChI is InChI=1S/C73H67O14P/c1-48-20-6-15-29-62(48)81-72(75)60-45-55-26-8-14-28-58(55)69(71(60)87-88(85-65-32-18-11-23-52(65)37-41-77-4)86-66-33-19-12-24-53(66)38-42-78-5)68-57-27-13-7-25-54(57)44-59-61(74)47-80-67-46-56(35-34-49(67)2)79-43-39-51-22-10-17-31-64(51)83-73(84-70(59)68)82-63-30-16-9-21-50(63)36-40-76-3/h6-35,44-46,73H,36-43,47H2,1-5H3. The van der Waals surface area contributed by atoms with Crippen LogP contribution in [0.4, 0.5) is 0 Å². The van der Waals surface area contributed by atoms with E-state index in [4.69, 9.17) is 56.2 Å². The Morgan fingerprint density at radius 3 is 1.74 bits per heavy atom. The number of methoxy groups -OCH3 is 3. The molecule has 0 aromatic heterocycles. The fourth-order valence-electron chi connectivity index (χ4n) is 10.4. The van der Waals surface area contributed by atoms with Crippen LogP contribution in [0.5, 0.6) is 51.7 Å². The summed E-state index contributed by atoms with van der Waals surface area (Å²) in [6.45, 7) is 3.21. The Kier molecular flexibility index (Phi) is 19.8. The summed E-state index contributed by atoms with van der Waals surface area (Å²) in [7, 11) is 2.32. The van der Waals surface area contributed by atoms with Gasteiger partial charge in [0, 0.05) is 44.9 Å². The molecule has 1 atom stereocenters. The van der Waals surface area contributed by atoms with Crippen LogP contribution in [0.2, 0.25) is 0 Å². The van der Waals surface area contributed by atoms with Gasteiger partial charge in [-0.2, -0.15) is 0 Å². The lowest BCUT2D eigenvalue weighted by atomic mass is 9.88.